The molecule has 0 rings (SSSR count). The fraction of sp³-hybridized carbons (Fsp3) is 0.750. The minimum absolute atomic E-state index is 0.0808. The van der Waals surface area contributed by atoms with Crippen LogP contribution in [0.4, 0.5) is 0 Å². The summed E-state index contributed by atoms with van der Waals surface area (Å²) in [7, 11) is 1.62. The van der Waals surface area contributed by atoms with Gasteiger partial charge in [0.25, 0.3) is 0 Å². The van der Waals surface area contributed by atoms with Crippen molar-refractivity contribution in [2.24, 2.45) is 16.7 Å². The average molecular weight is 234 g/mol. The van der Waals surface area contributed by atoms with Gasteiger partial charge in [0.2, 0.25) is 5.91 Å². The molecule has 0 aliphatic carbocycles. The Morgan fingerprint density at radius 3 is 2.87 bits per heavy atom. The minimum atomic E-state index is -0.292. The Kier molecular flexibility index (Phi) is 7.84. The average Bonchev–Trinajstić information content (AvgIpc) is 2.23. The first-order valence-electron chi connectivity index (χ1n) is 4.58. The Morgan fingerprint density at radius 2 is 2.33 bits per heavy atom. The fourth-order valence-electron chi connectivity index (χ4n) is 0.837. The summed E-state index contributed by atoms with van der Waals surface area (Å²) < 4.78 is 4.85. The molecule has 7 heteroatoms. The molecule has 0 saturated carbocycles. The Hall–Kier alpha value is -0.950. The summed E-state index contributed by atoms with van der Waals surface area (Å²) in [6, 6.07) is 0. The number of nitrogens with zero attached hydrogens (tertiary/aromatic N) is 1. The lowest BCUT2D eigenvalue weighted by Gasteiger charge is -2.10. The molecule has 15 heavy (non-hydrogen) atoms. The topological polar surface area (TPSA) is 103 Å². The van der Waals surface area contributed by atoms with Gasteiger partial charge in [-0.3, -0.25) is 4.79 Å². The summed E-state index contributed by atoms with van der Waals surface area (Å²) >= 11 is 1.13. The van der Waals surface area contributed by atoms with Gasteiger partial charge < -0.3 is 21.6 Å². The first-order chi connectivity index (χ1) is 7.11. The summed E-state index contributed by atoms with van der Waals surface area (Å²) in [6.07, 6.45) is 0.792. The monoisotopic (exact) mass is 234 g/mol. The van der Waals surface area contributed by atoms with Gasteiger partial charge in [-0.05, 0) is 13.3 Å². The molecule has 5 N–H and O–H groups in total. The largest absolute Gasteiger partial charge is 0.385 e. The van der Waals surface area contributed by atoms with Crippen molar-refractivity contribution in [1.82, 2.24) is 5.32 Å². The lowest BCUT2D eigenvalue weighted by atomic mass is 10.4. The summed E-state index contributed by atoms with van der Waals surface area (Å²) in [5.74, 6) is 4.87. The van der Waals surface area contributed by atoms with E-state index in [1.165, 1.54) is 0 Å². The van der Waals surface area contributed by atoms with Gasteiger partial charge in [-0.2, -0.15) is 5.10 Å². The molecule has 1 amide bonds. The van der Waals surface area contributed by atoms with E-state index in [9.17, 15) is 4.79 Å². The van der Waals surface area contributed by atoms with E-state index in [4.69, 9.17) is 16.3 Å². The molecule has 6 nitrogen and oxygen atoms in total. The van der Waals surface area contributed by atoms with Crippen LogP contribution in [0.2, 0.25) is 0 Å². The molecule has 1 unspecified atom stereocenters. The van der Waals surface area contributed by atoms with E-state index < -0.39 is 0 Å². The molecule has 0 fully saturated rings. The first-order valence-corrected chi connectivity index (χ1v) is 5.46. The number of methoxy groups -OCH3 is 1. The van der Waals surface area contributed by atoms with Crippen LogP contribution in [-0.2, 0) is 9.53 Å². The highest BCUT2D eigenvalue weighted by molar-refractivity contribution is 8.14. The third-order valence-corrected chi connectivity index (χ3v) is 2.53. The number of hydrogen-bond donors (Lipinski definition) is 3. The number of rotatable bonds is 6. The van der Waals surface area contributed by atoms with Crippen LogP contribution in [0.5, 0.6) is 0 Å². The van der Waals surface area contributed by atoms with Gasteiger partial charge in [-0.1, -0.05) is 11.8 Å². The highest BCUT2D eigenvalue weighted by Gasteiger charge is 2.14. The molecule has 0 radical (unpaired) electrons. The maximum absolute atomic E-state index is 11.4. The van der Waals surface area contributed by atoms with Gasteiger partial charge in [0.1, 0.15) is 0 Å². The van der Waals surface area contributed by atoms with Gasteiger partial charge in [-0.25, -0.2) is 0 Å². The van der Waals surface area contributed by atoms with Crippen molar-refractivity contribution in [3.8, 4) is 0 Å². The van der Waals surface area contributed by atoms with Crippen LogP contribution in [0, 0.1) is 0 Å². The standard InChI is InChI=1S/C8H18N4O2S/c1-6(15-8(9)12-10)7(13)11-4-3-5-14-2/h6H,3-5,10H2,1-2H3,(H2,9,12)(H,11,13). The van der Waals surface area contributed by atoms with Gasteiger partial charge in [-0.15, -0.1) is 0 Å². The van der Waals surface area contributed by atoms with E-state index in [2.05, 4.69) is 10.4 Å². The molecule has 0 aliphatic heterocycles. The maximum atomic E-state index is 11.4. The molecule has 0 bridgehead atoms. The van der Waals surface area contributed by atoms with E-state index in [0.29, 0.717) is 13.2 Å². The number of nitrogens with one attached hydrogen (secondary N) is 1. The second-order valence-corrected chi connectivity index (χ2v) is 4.23. The molecule has 0 aliphatic rings. The highest BCUT2D eigenvalue weighted by atomic mass is 32.2. The predicted molar refractivity (Wildman–Crippen MR) is 62.4 cm³/mol. The van der Waals surface area contributed by atoms with Gasteiger partial charge in [0.05, 0.1) is 5.25 Å². The van der Waals surface area contributed by atoms with E-state index in [1.807, 2.05) is 0 Å². The third kappa shape index (κ3) is 7.03. The summed E-state index contributed by atoms with van der Waals surface area (Å²) in [6.45, 7) is 2.97. The number of amidine groups is 1. The Balaban J connectivity index is 3.70. The zero-order valence-electron chi connectivity index (χ0n) is 9.03. The summed E-state index contributed by atoms with van der Waals surface area (Å²) in [4.78, 5) is 11.4. The van der Waals surface area contributed by atoms with Crippen LogP contribution in [0.15, 0.2) is 5.10 Å². The number of amides is 1. The quantitative estimate of drug-likeness (QED) is 0.188. The molecule has 0 aromatic rings. The van der Waals surface area contributed by atoms with Crippen molar-refractivity contribution < 1.29 is 9.53 Å². The Bertz CT molecular complexity index is 223. The van der Waals surface area contributed by atoms with E-state index in [1.54, 1.807) is 14.0 Å². The molecule has 88 valence electrons. The number of thioether (sulfide) groups is 1. The molecule has 1 atom stereocenters. The van der Waals surface area contributed by atoms with E-state index in [-0.39, 0.29) is 16.3 Å². The highest BCUT2D eigenvalue weighted by Crippen LogP contribution is 2.09. The molecular formula is C8H18N4O2S. The predicted octanol–water partition coefficient (Wildman–Crippen LogP) is -0.551. The number of carbonyl (C=O) groups excluding carboxylic acids is 1. The SMILES string of the molecule is COCCCNC(=O)C(C)SC(N)=NN. The smallest absolute Gasteiger partial charge is 0.233 e. The maximum Gasteiger partial charge on any atom is 0.233 e. The Morgan fingerprint density at radius 1 is 1.67 bits per heavy atom. The van der Waals surface area contributed by atoms with Gasteiger partial charge in [0.15, 0.2) is 5.17 Å². The van der Waals surface area contributed by atoms with Crippen molar-refractivity contribution in [2.75, 3.05) is 20.3 Å². The fourth-order valence-corrected chi connectivity index (χ4v) is 1.45. The molecule has 0 saturated heterocycles. The molecule has 0 aromatic heterocycles. The van der Waals surface area contributed by atoms with E-state index in [0.717, 1.165) is 18.2 Å². The number of hydrazone groups is 1. The molecular weight excluding hydrogens is 216 g/mol. The number of hydrogen-bond acceptors (Lipinski definition) is 5. The zero-order valence-corrected chi connectivity index (χ0v) is 9.84. The van der Waals surface area contributed by atoms with Crippen LogP contribution in [0.3, 0.4) is 0 Å². The van der Waals surface area contributed by atoms with Crippen LogP contribution >= 0.6 is 11.8 Å². The van der Waals surface area contributed by atoms with Crippen LogP contribution in [0.25, 0.3) is 0 Å². The van der Waals surface area contributed by atoms with Crippen molar-refractivity contribution in [2.45, 2.75) is 18.6 Å². The number of nitrogens with two attached hydrogens (primary N) is 2. The third-order valence-electron chi connectivity index (χ3n) is 1.62. The Labute approximate surface area is 93.8 Å². The van der Waals surface area contributed by atoms with Crippen LogP contribution < -0.4 is 16.9 Å². The van der Waals surface area contributed by atoms with Gasteiger partial charge >= 0.3 is 0 Å². The van der Waals surface area contributed by atoms with Crippen molar-refractivity contribution in [1.29, 1.82) is 0 Å². The normalized spacial score (nSPS) is 13.6. The second kappa shape index (κ2) is 8.37. The van der Waals surface area contributed by atoms with Crippen molar-refractivity contribution in [3.05, 3.63) is 0 Å². The zero-order chi connectivity index (χ0) is 11.7. The molecule has 0 spiro atoms. The molecule has 0 heterocycles. The lowest BCUT2D eigenvalue weighted by Crippen LogP contribution is -2.33. The summed E-state index contributed by atoms with van der Waals surface area (Å²) in [5.41, 5.74) is 5.38. The second-order valence-electron chi connectivity index (χ2n) is 2.86. The van der Waals surface area contributed by atoms with Crippen molar-refractivity contribution >= 4 is 22.8 Å². The number of ether oxygens (including phenoxy) is 1. The minimum Gasteiger partial charge on any atom is -0.385 e. The van der Waals surface area contributed by atoms with Crippen molar-refractivity contribution in [3.63, 3.8) is 0 Å². The van der Waals surface area contributed by atoms with E-state index >= 15 is 0 Å². The van der Waals surface area contributed by atoms with Crippen LogP contribution in [0.1, 0.15) is 13.3 Å². The number of carbonyl (C=O) groups is 1. The van der Waals surface area contributed by atoms with Gasteiger partial charge in [0, 0.05) is 20.3 Å². The molecule has 0 aromatic carbocycles. The van der Waals surface area contributed by atoms with Crippen LogP contribution in [-0.4, -0.2) is 36.6 Å². The first kappa shape index (κ1) is 14.1. The summed E-state index contributed by atoms with van der Waals surface area (Å²) in [5, 5.41) is 5.94. The lowest BCUT2D eigenvalue weighted by molar-refractivity contribution is -0.120.